The average Bonchev–Trinajstić information content (AvgIpc) is 3.11. The van der Waals surface area contributed by atoms with Crippen molar-refractivity contribution in [2.24, 2.45) is 11.8 Å². The van der Waals surface area contributed by atoms with Crippen LogP contribution in [0.1, 0.15) is 39.0 Å². The molecule has 0 spiro atoms. The summed E-state index contributed by atoms with van der Waals surface area (Å²) in [5, 5.41) is 14.9. The molecule has 21 heavy (non-hydrogen) atoms. The van der Waals surface area contributed by atoms with E-state index in [2.05, 4.69) is 22.5 Å². The molecule has 2 fully saturated rings. The Balaban J connectivity index is 1.67. The highest BCUT2D eigenvalue weighted by molar-refractivity contribution is 5.74. The van der Waals surface area contributed by atoms with E-state index in [0.717, 1.165) is 38.8 Å². The van der Waals surface area contributed by atoms with Crippen molar-refractivity contribution < 1.29 is 14.7 Å². The number of aliphatic carboxylic acids is 1. The van der Waals surface area contributed by atoms with Gasteiger partial charge in [0.2, 0.25) is 0 Å². The van der Waals surface area contributed by atoms with Crippen molar-refractivity contribution in [3.63, 3.8) is 0 Å². The summed E-state index contributed by atoms with van der Waals surface area (Å²) >= 11 is 0. The molecule has 6 heteroatoms. The van der Waals surface area contributed by atoms with Crippen LogP contribution in [0.25, 0.3) is 0 Å². The standard InChI is InChI=1S/C15H27N3O3/c1-2-18-8-4-6-12(18)10-17-15(21)16-9-11-5-3-7-13(11)14(19)20/h11-13H,2-10H2,1H3,(H,19,20)(H2,16,17,21). The molecule has 3 atom stereocenters. The normalized spacial score (nSPS) is 29.5. The van der Waals surface area contributed by atoms with E-state index in [1.54, 1.807) is 0 Å². The first-order valence-electron chi connectivity index (χ1n) is 8.10. The number of likely N-dealkylation sites (tertiary alicyclic amines) is 1. The van der Waals surface area contributed by atoms with Crippen LogP contribution in [0.15, 0.2) is 0 Å². The van der Waals surface area contributed by atoms with Gasteiger partial charge in [-0.15, -0.1) is 0 Å². The van der Waals surface area contributed by atoms with E-state index in [1.807, 2.05) is 0 Å². The van der Waals surface area contributed by atoms with Gasteiger partial charge in [-0.3, -0.25) is 9.69 Å². The molecule has 0 aromatic carbocycles. The Morgan fingerprint density at radius 1 is 1.14 bits per heavy atom. The maximum atomic E-state index is 11.8. The second kappa shape index (κ2) is 7.64. The Hall–Kier alpha value is -1.30. The van der Waals surface area contributed by atoms with Gasteiger partial charge >= 0.3 is 12.0 Å². The van der Waals surface area contributed by atoms with E-state index in [1.165, 1.54) is 6.42 Å². The highest BCUT2D eigenvalue weighted by Gasteiger charge is 2.32. The Morgan fingerprint density at radius 2 is 1.90 bits per heavy atom. The molecule has 2 amide bonds. The van der Waals surface area contributed by atoms with Crippen molar-refractivity contribution in [1.29, 1.82) is 0 Å². The van der Waals surface area contributed by atoms with Crippen molar-refractivity contribution in [2.45, 2.75) is 45.1 Å². The number of likely N-dealkylation sites (N-methyl/N-ethyl adjacent to an activating group) is 1. The Bertz CT molecular complexity index is 375. The first-order valence-corrected chi connectivity index (χ1v) is 8.10. The van der Waals surface area contributed by atoms with Crippen LogP contribution >= 0.6 is 0 Å². The minimum atomic E-state index is -0.732. The number of carboxylic acids is 1. The predicted octanol–water partition coefficient (Wildman–Crippen LogP) is 1.27. The summed E-state index contributed by atoms with van der Waals surface area (Å²) in [6.07, 6.45) is 4.90. The molecule has 1 saturated carbocycles. The fraction of sp³-hybridized carbons (Fsp3) is 0.867. The smallest absolute Gasteiger partial charge is 0.314 e. The average molecular weight is 297 g/mol. The monoisotopic (exact) mass is 297 g/mol. The molecule has 1 aliphatic carbocycles. The molecule has 0 radical (unpaired) electrons. The van der Waals surface area contributed by atoms with Crippen molar-refractivity contribution in [2.75, 3.05) is 26.2 Å². The maximum absolute atomic E-state index is 11.8. The number of carbonyl (C=O) groups is 2. The van der Waals surface area contributed by atoms with E-state index in [-0.39, 0.29) is 17.9 Å². The van der Waals surface area contributed by atoms with Crippen molar-refractivity contribution in [3.8, 4) is 0 Å². The molecule has 0 aromatic heterocycles. The zero-order valence-corrected chi connectivity index (χ0v) is 12.8. The Labute approximate surface area is 126 Å². The second-order valence-electron chi connectivity index (χ2n) is 6.15. The van der Waals surface area contributed by atoms with Gasteiger partial charge in [-0.05, 0) is 44.7 Å². The number of nitrogens with one attached hydrogen (secondary N) is 2. The zero-order chi connectivity index (χ0) is 15.2. The van der Waals surface area contributed by atoms with E-state index >= 15 is 0 Å². The van der Waals surface area contributed by atoms with Crippen molar-refractivity contribution >= 4 is 12.0 Å². The van der Waals surface area contributed by atoms with Crippen LogP contribution in [0.5, 0.6) is 0 Å². The van der Waals surface area contributed by atoms with Gasteiger partial charge < -0.3 is 15.7 Å². The SMILES string of the molecule is CCN1CCCC1CNC(=O)NCC1CCCC1C(=O)O. The van der Waals surface area contributed by atoms with Crippen LogP contribution in [-0.4, -0.2) is 54.2 Å². The molecule has 1 heterocycles. The van der Waals surface area contributed by atoms with Crippen molar-refractivity contribution in [3.05, 3.63) is 0 Å². The number of nitrogens with zero attached hydrogens (tertiary/aromatic N) is 1. The summed E-state index contributed by atoms with van der Waals surface area (Å²) in [5.74, 6) is -0.952. The summed E-state index contributed by atoms with van der Waals surface area (Å²) in [4.78, 5) is 25.3. The van der Waals surface area contributed by atoms with E-state index in [4.69, 9.17) is 5.11 Å². The van der Waals surface area contributed by atoms with Gasteiger partial charge in [0.05, 0.1) is 5.92 Å². The molecule has 1 saturated heterocycles. The third kappa shape index (κ3) is 4.33. The number of hydrogen-bond donors (Lipinski definition) is 3. The fourth-order valence-electron chi connectivity index (χ4n) is 3.65. The van der Waals surface area contributed by atoms with Gasteiger partial charge in [0.15, 0.2) is 0 Å². The third-order valence-electron chi connectivity index (χ3n) is 4.90. The number of rotatable bonds is 6. The molecule has 2 rings (SSSR count). The van der Waals surface area contributed by atoms with Gasteiger partial charge in [-0.2, -0.15) is 0 Å². The lowest BCUT2D eigenvalue weighted by Gasteiger charge is -2.23. The summed E-state index contributed by atoms with van der Waals surface area (Å²) in [5.41, 5.74) is 0. The quantitative estimate of drug-likeness (QED) is 0.689. The van der Waals surface area contributed by atoms with Gasteiger partial charge in [0, 0.05) is 19.1 Å². The van der Waals surface area contributed by atoms with E-state index in [9.17, 15) is 9.59 Å². The maximum Gasteiger partial charge on any atom is 0.314 e. The Morgan fingerprint density at radius 3 is 2.62 bits per heavy atom. The molecule has 3 N–H and O–H groups in total. The number of amides is 2. The number of carboxylic acid groups (broad SMARTS) is 1. The van der Waals surface area contributed by atoms with Crippen LogP contribution in [0.2, 0.25) is 0 Å². The molecular weight excluding hydrogens is 270 g/mol. The fourth-order valence-corrected chi connectivity index (χ4v) is 3.65. The molecule has 2 aliphatic rings. The zero-order valence-electron chi connectivity index (χ0n) is 12.8. The first kappa shape index (κ1) is 16.1. The van der Waals surface area contributed by atoms with Gasteiger partial charge in [-0.25, -0.2) is 4.79 Å². The highest BCUT2D eigenvalue weighted by atomic mass is 16.4. The Kier molecular flexibility index (Phi) is 5.85. The minimum Gasteiger partial charge on any atom is -0.481 e. The molecule has 1 aliphatic heterocycles. The lowest BCUT2D eigenvalue weighted by Crippen LogP contribution is -2.45. The van der Waals surface area contributed by atoms with E-state index < -0.39 is 5.97 Å². The van der Waals surface area contributed by atoms with Crippen LogP contribution in [-0.2, 0) is 4.79 Å². The summed E-state index contributed by atoms with van der Waals surface area (Å²) in [6.45, 7) is 5.42. The lowest BCUT2D eigenvalue weighted by molar-refractivity contribution is -0.142. The van der Waals surface area contributed by atoms with Gasteiger partial charge in [0.25, 0.3) is 0 Å². The first-order chi connectivity index (χ1) is 10.1. The summed E-state index contributed by atoms with van der Waals surface area (Å²) < 4.78 is 0. The molecule has 0 bridgehead atoms. The highest BCUT2D eigenvalue weighted by Crippen LogP contribution is 2.31. The molecule has 120 valence electrons. The predicted molar refractivity (Wildman–Crippen MR) is 80.1 cm³/mol. The summed E-state index contributed by atoms with van der Waals surface area (Å²) in [6, 6.07) is 0.271. The molecule has 0 aromatic rings. The van der Waals surface area contributed by atoms with E-state index in [0.29, 0.717) is 19.1 Å². The number of carbonyl (C=O) groups excluding carboxylic acids is 1. The van der Waals surface area contributed by atoms with Gasteiger partial charge in [-0.1, -0.05) is 13.3 Å². The lowest BCUT2D eigenvalue weighted by atomic mass is 9.96. The second-order valence-corrected chi connectivity index (χ2v) is 6.15. The van der Waals surface area contributed by atoms with Crippen LogP contribution in [0, 0.1) is 11.8 Å². The van der Waals surface area contributed by atoms with Crippen LogP contribution in [0.3, 0.4) is 0 Å². The van der Waals surface area contributed by atoms with Crippen LogP contribution < -0.4 is 10.6 Å². The molecular formula is C15H27N3O3. The number of hydrogen-bond acceptors (Lipinski definition) is 3. The minimum absolute atomic E-state index is 0.0758. The third-order valence-corrected chi connectivity index (χ3v) is 4.90. The van der Waals surface area contributed by atoms with Crippen LogP contribution in [0.4, 0.5) is 4.79 Å². The molecule has 6 nitrogen and oxygen atoms in total. The van der Waals surface area contributed by atoms with Gasteiger partial charge in [0.1, 0.15) is 0 Å². The topological polar surface area (TPSA) is 81.7 Å². The van der Waals surface area contributed by atoms with Crippen molar-refractivity contribution in [1.82, 2.24) is 15.5 Å². The summed E-state index contributed by atoms with van der Waals surface area (Å²) in [7, 11) is 0. The molecule has 3 unspecified atom stereocenters. The largest absolute Gasteiger partial charge is 0.481 e. The number of urea groups is 1.